The molecule has 0 rings (SSSR count). The molecule has 22 heavy (non-hydrogen) atoms. The minimum Gasteiger partial charge on any atom is -0.480 e. The molecule has 0 unspecified atom stereocenters. The molecule has 0 aliphatic carbocycles. The quantitative estimate of drug-likeness (QED) is 0.178. The molecule has 2 amide bonds. The molecule has 0 saturated heterocycles. The second-order valence-corrected chi connectivity index (χ2v) is 4.39. The van der Waals surface area contributed by atoms with E-state index in [2.05, 4.69) is 28.3 Å². The standard InChI is InChI=1S/C11H15N3O7S/c15-5-13-6(11(20)21)1-2-8(16)14-7(4-22)10(19)12-3-9(17)18/h6-7,22H,1-4H2,(H,12,19)(H,14,16)(H,17,18)(H,20,21)/t6-,7-/m0/s1. The molecule has 0 aliphatic rings. The molecular weight excluding hydrogens is 318 g/mol. The van der Waals surface area contributed by atoms with Crippen molar-refractivity contribution in [1.82, 2.24) is 10.6 Å². The highest BCUT2D eigenvalue weighted by Gasteiger charge is 2.22. The third kappa shape index (κ3) is 8.02. The molecule has 0 aromatic heterocycles. The predicted octanol–water partition coefficient (Wildman–Crippen LogP) is -1.83. The second-order valence-electron chi connectivity index (χ2n) is 4.03. The number of rotatable bonds is 10. The van der Waals surface area contributed by atoms with Crippen LogP contribution in [0, 0.1) is 0 Å². The van der Waals surface area contributed by atoms with Crippen LogP contribution in [0.5, 0.6) is 0 Å². The van der Waals surface area contributed by atoms with Gasteiger partial charge < -0.3 is 20.8 Å². The van der Waals surface area contributed by atoms with Crippen molar-refractivity contribution in [2.75, 3.05) is 12.3 Å². The Morgan fingerprint density at radius 1 is 1.23 bits per heavy atom. The van der Waals surface area contributed by atoms with Gasteiger partial charge in [0.05, 0.1) is 0 Å². The van der Waals surface area contributed by atoms with Crippen LogP contribution >= 0.6 is 12.6 Å². The molecule has 0 aromatic carbocycles. The number of carboxylic acid groups (broad SMARTS) is 2. The molecule has 0 saturated carbocycles. The van der Waals surface area contributed by atoms with Gasteiger partial charge in [-0.3, -0.25) is 14.4 Å². The Hall–Kier alpha value is -2.39. The van der Waals surface area contributed by atoms with E-state index in [1.54, 1.807) is 0 Å². The number of nitrogens with one attached hydrogen (secondary N) is 2. The predicted molar refractivity (Wildman–Crippen MR) is 75.2 cm³/mol. The maximum Gasteiger partial charge on any atom is 0.329 e. The first-order valence-corrected chi connectivity index (χ1v) is 6.64. The zero-order chi connectivity index (χ0) is 17.1. The van der Waals surface area contributed by atoms with E-state index in [1.165, 1.54) is 0 Å². The highest BCUT2D eigenvalue weighted by atomic mass is 32.1. The van der Waals surface area contributed by atoms with E-state index < -0.39 is 42.4 Å². The van der Waals surface area contributed by atoms with Crippen molar-refractivity contribution in [2.45, 2.75) is 24.9 Å². The fraction of sp³-hybridized carbons (Fsp3) is 0.545. The Kier molecular flexibility index (Phi) is 9.23. The fourth-order valence-corrected chi connectivity index (χ4v) is 1.58. The number of carboxylic acids is 2. The minimum atomic E-state index is -1.39. The summed E-state index contributed by atoms with van der Waals surface area (Å²) in [6, 6.07) is -2.45. The van der Waals surface area contributed by atoms with Crippen LogP contribution in [0.15, 0.2) is 4.99 Å². The summed E-state index contributed by atoms with van der Waals surface area (Å²) in [5.74, 6) is -4.08. The second kappa shape index (κ2) is 10.4. The van der Waals surface area contributed by atoms with Gasteiger partial charge in [-0.1, -0.05) is 0 Å². The van der Waals surface area contributed by atoms with Crippen molar-refractivity contribution in [1.29, 1.82) is 0 Å². The first-order chi connectivity index (χ1) is 10.3. The Bertz CT molecular complexity index is 488. The number of hydrogen-bond donors (Lipinski definition) is 5. The van der Waals surface area contributed by atoms with Crippen molar-refractivity contribution in [3.8, 4) is 0 Å². The van der Waals surface area contributed by atoms with Gasteiger partial charge in [0.25, 0.3) is 0 Å². The largest absolute Gasteiger partial charge is 0.480 e. The number of nitrogens with zero attached hydrogens (tertiary/aromatic N) is 1. The number of amides is 2. The van der Waals surface area contributed by atoms with E-state index in [4.69, 9.17) is 10.2 Å². The van der Waals surface area contributed by atoms with Crippen molar-refractivity contribution in [3.05, 3.63) is 0 Å². The average molecular weight is 333 g/mol. The average Bonchev–Trinajstić information content (AvgIpc) is 2.46. The molecular formula is C11H15N3O7S. The molecule has 122 valence electrons. The van der Waals surface area contributed by atoms with E-state index >= 15 is 0 Å². The Labute approximate surface area is 130 Å². The highest BCUT2D eigenvalue weighted by Crippen LogP contribution is 2.02. The topological polar surface area (TPSA) is 162 Å². The molecule has 0 spiro atoms. The summed E-state index contributed by atoms with van der Waals surface area (Å²) in [5.41, 5.74) is 0. The maximum atomic E-state index is 11.6. The molecule has 0 fully saturated rings. The van der Waals surface area contributed by atoms with Gasteiger partial charge in [0.2, 0.25) is 17.9 Å². The highest BCUT2D eigenvalue weighted by molar-refractivity contribution is 7.80. The van der Waals surface area contributed by atoms with Crippen LogP contribution in [0.1, 0.15) is 12.8 Å². The van der Waals surface area contributed by atoms with Crippen LogP contribution in [-0.2, 0) is 24.0 Å². The van der Waals surface area contributed by atoms with Crippen molar-refractivity contribution < 1.29 is 34.2 Å². The molecule has 10 nitrogen and oxygen atoms in total. The number of hydrogen-bond acceptors (Lipinski definition) is 7. The van der Waals surface area contributed by atoms with Crippen molar-refractivity contribution in [2.24, 2.45) is 4.99 Å². The number of isocyanates is 1. The van der Waals surface area contributed by atoms with Crippen molar-refractivity contribution >= 4 is 42.5 Å². The summed E-state index contributed by atoms with van der Waals surface area (Å²) in [6.07, 6.45) is 0.564. The van der Waals surface area contributed by atoms with E-state index in [0.29, 0.717) is 0 Å². The smallest absolute Gasteiger partial charge is 0.329 e. The normalized spacial score (nSPS) is 12.4. The van der Waals surface area contributed by atoms with E-state index in [0.717, 1.165) is 6.08 Å². The minimum absolute atomic E-state index is 0.0773. The van der Waals surface area contributed by atoms with Gasteiger partial charge in [-0.05, 0) is 6.42 Å². The summed E-state index contributed by atoms with van der Waals surface area (Å²) >= 11 is 3.86. The Balaban J connectivity index is 4.42. The SMILES string of the molecule is O=C=N[C@@H](CCC(=O)N[C@@H](CS)C(=O)NCC(=O)O)C(=O)O. The van der Waals surface area contributed by atoms with Crippen LogP contribution in [0.25, 0.3) is 0 Å². The summed E-state index contributed by atoms with van der Waals surface area (Å²) in [4.78, 5) is 57.3. The number of thiol groups is 1. The fourth-order valence-electron chi connectivity index (χ4n) is 1.32. The molecule has 2 atom stereocenters. The molecule has 0 radical (unpaired) electrons. The van der Waals surface area contributed by atoms with Crippen LogP contribution in [0.4, 0.5) is 0 Å². The lowest BCUT2D eigenvalue weighted by Gasteiger charge is -2.16. The molecule has 4 N–H and O–H groups in total. The summed E-state index contributed by atoms with van der Waals surface area (Å²) in [5, 5.41) is 21.5. The zero-order valence-corrected chi connectivity index (χ0v) is 12.2. The third-order valence-electron chi connectivity index (χ3n) is 2.39. The van der Waals surface area contributed by atoms with Crippen LogP contribution in [0.3, 0.4) is 0 Å². The number of aliphatic imine (C=N–C) groups is 1. The first-order valence-electron chi connectivity index (χ1n) is 6.01. The van der Waals surface area contributed by atoms with Gasteiger partial charge in [-0.15, -0.1) is 0 Å². The third-order valence-corrected chi connectivity index (χ3v) is 2.75. The molecule has 0 aromatic rings. The summed E-state index contributed by atoms with van der Waals surface area (Å²) in [7, 11) is 0. The van der Waals surface area contributed by atoms with Crippen LogP contribution in [0.2, 0.25) is 0 Å². The lowest BCUT2D eigenvalue weighted by molar-refractivity contribution is -0.139. The maximum absolute atomic E-state index is 11.6. The lowest BCUT2D eigenvalue weighted by Crippen LogP contribution is -2.49. The first kappa shape index (κ1) is 19.6. The van der Waals surface area contributed by atoms with Gasteiger partial charge in [0.1, 0.15) is 12.6 Å². The van der Waals surface area contributed by atoms with Crippen LogP contribution < -0.4 is 10.6 Å². The van der Waals surface area contributed by atoms with Crippen molar-refractivity contribution in [3.63, 3.8) is 0 Å². The van der Waals surface area contributed by atoms with Gasteiger partial charge in [0.15, 0.2) is 6.04 Å². The van der Waals surface area contributed by atoms with Gasteiger partial charge >= 0.3 is 11.9 Å². The summed E-state index contributed by atoms with van der Waals surface area (Å²) < 4.78 is 0. The Morgan fingerprint density at radius 2 is 1.86 bits per heavy atom. The Morgan fingerprint density at radius 3 is 2.32 bits per heavy atom. The van der Waals surface area contributed by atoms with Crippen LogP contribution in [-0.4, -0.2) is 64.4 Å². The number of carbonyl (C=O) groups is 4. The number of carbonyl (C=O) groups excluding carboxylic acids is 3. The van der Waals surface area contributed by atoms with E-state index in [9.17, 15) is 24.0 Å². The van der Waals surface area contributed by atoms with Gasteiger partial charge in [0, 0.05) is 12.2 Å². The molecule has 0 heterocycles. The van der Waals surface area contributed by atoms with E-state index in [-0.39, 0.29) is 18.6 Å². The monoisotopic (exact) mass is 333 g/mol. The zero-order valence-electron chi connectivity index (χ0n) is 11.3. The molecule has 0 aliphatic heterocycles. The van der Waals surface area contributed by atoms with E-state index in [1.807, 2.05) is 0 Å². The van der Waals surface area contributed by atoms with Gasteiger partial charge in [-0.2, -0.15) is 17.6 Å². The summed E-state index contributed by atoms with van der Waals surface area (Å²) in [6.45, 7) is -0.603. The lowest BCUT2D eigenvalue weighted by atomic mass is 10.1. The molecule has 0 bridgehead atoms. The molecule has 11 heteroatoms. The van der Waals surface area contributed by atoms with Gasteiger partial charge in [-0.25, -0.2) is 9.59 Å². The number of aliphatic carboxylic acids is 2.